The molecular formula is C30H36F3N5O5S3. The maximum atomic E-state index is 13.7. The lowest BCUT2D eigenvalue weighted by atomic mass is 9.87. The minimum absolute atomic E-state index is 0.0207. The van der Waals surface area contributed by atoms with Crippen molar-refractivity contribution in [1.29, 1.82) is 0 Å². The summed E-state index contributed by atoms with van der Waals surface area (Å²) in [5.74, 6) is -0.799. The van der Waals surface area contributed by atoms with Gasteiger partial charge in [0.25, 0.3) is 0 Å². The van der Waals surface area contributed by atoms with E-state index >= 15 is 0 Å². The van der Waals surface area contributed by atoms with Crippen LogP contribution in [0, 0.1) is 0 Å². The third-order valence-corrected chi connectivity index (χ3v) is 11.7. The van der Waals surface area contributed by atoms with Gasteiger partial charge in [0.05, 0.1) is 16.8 Å². The summed E-state index contributed by atoms with van der Waals surface area (Å²) in [5.41, 5.74) is 2.86. The fourth-order valence-corrected chi connectivity index (χ4v) is 8.56. The molecule has 0 aliphatic carbocycles. The molecule has 1 aromatic heterocycles. The van der Waals surface area contributed by atoms with Crippen LogP contribution in [0.15, 0.2) is 53.4 Å². The largest absolute Gasteiger partial charge is 0.573 e. The second kappa shape index (κ2) is 13.2. The molecule has 16 heteroatoms. The van der Waals surface area contributed by atoms with Gasteiger partial charge in [0.2, 0.25) is 15.9 Å². The number of benzene rings is 2. The fraction of sp³-hybridized carbons (Fsp3) is 0.467. The summed E-state index contributed by atoms with van der Waals surface area (Å²) >= 11 is 1.38. The van der Waals surface area contributed by atoms with E-state index in [2.05, 4.69) is 30.8 Å². The van der Waals surface area contributed by atoms with Crippen LogP contribution in [0.3, 0.4) is 0 Å². The SMILES string of the molecule is CC(C)(C)c1ccc(CNC(=O)[C@H]2CN(c3nc4c(s3)CN(S(C)(=O)=O)CC4)CCN2S(=O)c2ccc(OC(F)(F)F)cc2)cc1. The average molecular weight is 700 g/mol. The Kier molecular flexibility index (Phi) is 9.85. The first-order valence-corrected chi connectivity index (χ1v) is 18.4. The number of piperazine rings is 1. The number of sulfonamides is 1. The van der Waals surface area contributed by atoms with Gasteiger partial charge in [0, 0.05) is 50.6 Å². The van der Waals surface area contributed by atoms with E-state index < -0.39 is 39.2 Å². The summed E-state index contributed by atoms with van der Waals surface area (Å²) in [6.07, 6.45) is -3.20. The van der Waals surface area contributed by atoms with Crippen LogP contribution in [0.1, 0.15) is 42.5 Å². The van der Waals surface area contributed by atoms with Crippen LogP contribution in [0.5, 0.6) is 5.75 Å². The molecule has 1 N–H and O–H groups in total. The van der Waals surface area contributed by atoms with E-state index in [0.29, 0.717) is 24.6 Å². The third-order valence-electron chi connectivity index (χ3n) is 7.82. The Morgan fingerprint density at radius 3 is 2.35 bits per heavy atom. The summed E-state index contributed by atoms with van der Waals surface area (Å²) in [5, 5.41) is 3.61. The molecule has 2 aliphatic heterocycles. The van der Waals surface area contributed by atoms with Gasteiger partial charge in [-0.05, 0) is 40.8 Å². The Morgan fingerprint density at radius 1 is 1.07 bits per heavy atom. The van der Waals surface area contributed by atoms with Gasteiger partial charge < -0.3 is 15.0 Å². The first kappa shape index (κ1) is 34.3. The van der Waals surface area contributed by atoms with Gasteiger partial charge in [-0.2, -0.15) is 4.31 Å². The molecular weight excluding hydrogens is 664 g/mol. The van der Waals surface area contributed by atoms with Crippen LogP contribution >= 0.6 is 11.3 Å². The standard InChI is InChI=1S/C30H36F3N5O5S3/c1-29(2,3)21-7-5-20(6-8-21)17-34-27(39)25-18-36(28-35-24-13-14-37(46(4,41)42)19-26(24)44-28)15-16-38(25)45(40)23-11-9-22(10-12-23)43-30(31,32)33/h5-12,25H,13-19H2,1-4H3,(H,34,39)/t25-,45?/m1/s1. The lowest BCUT2D eigenvalue weighted by Crippen LogP contribution is -2.59. The summed E-state index contributed by atoms with van der Waals surface area (Å²) in [6.45, 7) is 7.90. The summed E-state index contributed by atoms with van der Waals surface area (Å²) < 4.78 is 82.8. The molecule has 3 aromatic rings. The second-order valence-corrected chi connectivity index (χ2v) is 16.7. The Labute approximate surface area is 273 Å². The zero-order valence-corrected chi connectivity index (χ0v) is 28.3. The topological polar surface area (TPSA) is 112 Å². The quantitative estimate of drug-likeness (QED) is 0.376. The highest BCUT2D eigenvalue weighted by Crippen LogP contribution is 2.33. The first-order chi connectivity index (χ1) is 21.5. The third kappa shape index (κ3) is 8.26. The van der Waals surface area contributed by atoms with Crippen molar-refractivity contribution in [3.05, 3.63) is 70.2 Å². The zero-order valence-electron chi connectivity index (χ0n) is 25.8. The van der Waals surface area contributed by atoms with Crippen molar-refractivity contribution in [2.24, 2.45) is 0 Å². The van der Waals surface area contributed by atoms with E-state index in [-0.39, 0.29) is 42.4 Å². The number of ether oxygens (including phenoxy) is 1. The van der Waals surface area contributed by atoms with Crippen LogP contribution in [-0.4, -0.2) is 77.0 Å². The average Bonchev–Trinajstić information content (AvgIpc) is 3.42. The maximum absolute atomic E-state index is 13.7. The smallest absolute Gasteiger partial charge is 0.406 e. The number of halogens is 3. The maximum Gasteiger partial charge on any atom is 0.573 e. The summed E-state index contributed by atoms with van der Waals surface area (Å²) in [7, 11) is -5.23. The number of hydrogen-bond acceptors (Lipinski definition) is 8. The van der Waals surface area contributed by atoms with E-state index in [1.807, 2.05) is 29.2 Å². The zero-order chi connectivity index (χ0) is 33.4. The normalized spacial score (nSPS) is 19.0. The Balaban J connectivity index is 1.35. The number of alkyl halides is 3. The Hall–Kier alpha value is -3.05. The first-order valence-electron chi connectivity index (χ1n) is 14.6. The molecule has 2 aliphatic rings. The molecule has 1 saturated heterocycles. The van der Waals surface area contributed by atoms with E-state index in [4.69, 9.17) is 4.98 Å². The van der Waals surface area contributed by atoms with Gasteiger partial charge in [-0.25, -0.2) is 21.9 Å². The van der Waals surface area contributed by atoms with Crippen LogP contribution in [0.4, 0.5) is 18.3 Å². The molecule has 0 spiro atoms. The van der Waals surface area contributed by atoms with Crippen molar-refractivity contribution >= 4 is 43.4 Å². The number of anilines is 1. The number of hydrogen-bond donors (Lipinski definition) is 1. The lowest BCUT2D eigenvalue weighted by Gasteiger charge is -2.39. The van der Waals surface area contributed by atoms with Crippen LogP contribution in [0.2, 0.25) is 0 Å². The van der Waals surface area contributed by atoms with Crippen molar-refractivity contribution in [3.8, 4) is 5.75 Å². The number of carbonyl (C=O) groups is 1. The summed E-state index contributed by atoms with van der Waals surface area (Å²) in [4.78, 5) is 21.5. The molecule has 5 rings (SSSR count). The molecule has 3 heterocycles. The Morgan fingerprint density at radius 2 is 1.74 bits per heavy atom. The highest BCUT2D eigenvalue weighted by molar-refractivity contribution is 7.88. The number of nitrogens with one attached hydrogen (secondary N) is 1. The van der Waals surface area contributed by atoms with E-state index in [9.17, 15) is 30.6 Å². The molecule has 1 fully saturated rings. The monoisotopic (exact) mass is 699 g/mol. The van der Waals surface area contributed by atoms with E-state index in [1.54, 1.807) is 0 Å². The summed E-state index contributed by atoms with van der Waals surface area (Å²) in [6, 6.07) is 11.8. The number of carbonyl (C=O) groups excluding carboxylic acids is 1. The molecule has 1 amide bonds. The number of amides is 1. The van der Waals surface area contributed by atoms with Gasteiger partial charge in [0.15, 0.2) is 5.13 Å². The second-order valence-electron chi connectivity index (χ2n) is 12.2. The van der Waals surface area contributed by atoms with E-state index in [1.165, 1.54) is 38.3 Å². The van der Waals surface area contributed by atoms with Crippen molar-refractivity contribution in [1.82, 2.24) is 18.9 Å². The number of fused-ring (bicyclic) bond motifs is 1. The minimum atomic E-state index is -4.86. The molecule has 10 nitrogen and oxygen atoms in total. The number of rotatable bonds is 8. The molecule has 0 radical (unpaired) electrons. The lowest BCUT2D eigenvalue weighted by molar-refractivity contribution is -0.274. The molecule has 0 saturated carbocycles. The van der Waals surface area contributed by atoms with Crippen LogP contribution in [0.25, 0.3) is 0 Å². The van der Waals surface area contributed by atoms with Gasteiger partial charge in [-0.15, -0.1) is 24.5 Å². The molecule has 250 valence electrons. The number of aromatic nitrogens is 1. The molecule has 2 aromatic carbocycles. The molecule has 1 unspecified atom stereocenters. The van der Waals surface area contributed by atoms with Crippen molar-refractivity contribution in [2.45, 2.75) is 63.0 Å². The number of nitrogens with zero attached hydrogens (tertiary/aromatic N) is 4. The van der Waals surface area contributed by atoms with Crippen molar-refractivity contribution < 1.29 is 35.3 Å². The number of thiazole rings is 1. The molecule has 0 bridgehead atoms. The minimum Gasteiger partial charge on any atom is -0.406 e. The fourth-order valence-electron chi connectivity index (χ4n) is 5.25. The van der Waals surface area contributed by atoms with Gasteiger partial charge in [-0.3, -0.25) is 4.79 Å². The van der Waals surface area contributed by atoms with Crippen LogP contribution in [-0.2, 0) is 50.7 Å². The molecule has 46 heavy (non-hydrogen) atoms. The van der Waals surface area contributed by atoms with Crippen LogP contribution < -0.4 is 15.0 Å². The van der Waals surface area contributed by atoms with Gasteiger partial charge in [0.1, 0.15) is 22.8 Å². The van der Waals surface area contributed by atoms with Crippen molar-refractivity contribution in [3.63, 3.8) is 0 Å². The van der Waals surface area contributed by atoms with Gasteiger partial charge in [-0.1, -0.05) is 45.0 Å². The van der Waals surface area contributed by atoms with Gasteiger partial charge >= 0.3 is 6.36 Å². The van der Waals surface area contributed by atoms with Crippen molar-refractivity contribution in [2.75, 3.05) is 37.3 Å². The predicted octanol–water partition coefficient (Wildman–Crippen LogP) is 4.19. The highest BCUT2D eigenvalue weighted by Gasteiger charge is 2.38. The van der Waals surface area contributed by atoms with E-state index in [0.717, 1.165) is 33.8 Å². The predicted molar refractivity (Wildman–Crippen MR) is 170 cm³/mol. The highest BCUT2D eigenvalue weighted by atomic mass is 32.2. The Bertz CT molecular complexity index is 1690. The molecule has 2 atom stereocenters.